The molecule has 0 saturated carbocycles. The quantitative estimate of drug-likeness (QED) is 0.706. The van der Waals surface area contributed by atoms with E-state index in [0.29, 0.717) is 12.2 Å². The van der Waals surface area contributed by atoms with Crippen LogP contribution in [0.25, 0.3) is 0 Å². The monoisotopic (exact) mass is 239 g/mol. The Balaban J connectivity index is 3.19. The van der Waals surface area contributed by atoms with Crippen LogP contribution in [0.5, 0.6) is 0 Å². The van der Waals surface area contributed by atoms with E-state index in [1.54, 1.807) is 12.1 Å². The summed E-state index contributed by atoms with van der Waals surface area (Å²) in [5, 5.41) is 0. The predicted molar refractivity (Wildman–Crippen MR) is 68.3 cm³/mol. The average molecular weight is 239 g/mol. The third kappa shape index (κ3) is 2.85. The van der Waals surface area contributed by atoms with Gasteiger partial charge in [0, 0.05) is 12.2 Å². The molecule has 1 unspecified atom stereocenters. The lowest BCUT2D eigenvalue weighted by Crippen LogP contribution is -2.46. The SMILES string of the molecule is CCOC(C)(c1ccccc1F)N(CC)CC. The number of ether oxygens (including phenoxy) is 1. The number of benzene rings is 1. The van der Waals surface area contributed by atoms with Gasteiger partial charge in [-0.05, 0) is 33.0 Å². The Morgan fingerprint density at radius 3 is 2.24 bits per heavy atom. The maximum absolute atomic E-state index is 13.9. The lowest BCUT2D eigenvalue weighted by Gasteiger charge is -2.40. The summed E-state index contributed by atoms with van der Waals surface area (Å²) in [6.07, 6.45) is 0. The maximum atomic E-state index is 13.9. The molecule has 0 aliphatic rings. The second-order valence-corrected chi connectivity index (χ2v) is 4.07. The number of hydrogen-bond donors (Lipinski definition) is 0. The smallest absolute Gasteiger partial charge is 0.147 e. The molecule has 0 saturated heterocycles. The zero-order valence-corrected chi connectivity index (χ0v) is 11.2. The zero-order valence-electron chi connectivity index (χ0n) is 11.2. The number of nitrogens with zero attached hydrogens (tertiary/aromatic N) is 1. The van der Waals surface area contributed by atoms with E-state index in [4.69, 9.17) is 4.74 Å². The zero-order chi connectivity index (χ0) is 12.9. The van der Waals surface area contributed by atoms with Gasteiger partial charge in [-0.1, -0.05) is 32.0 Å². The van der Waals surface area contributed by atoms with Gasteiger partial charge >= 0.3 is 0 Å². The second-order valence-electron chi connectivity index (χ2n) is 4.07. The van der Waals surface area contributed by atoms with Crippen LogP contribution in [0.2, 0.25) is 0 Å². The highest BCUT2D eigenvalue weighted by molar-refractivity contribution is 5.23. The maximum Gasteiger partial charge on any atom is 0.147 e. The minimum Gasteiger partial charge on any atom is -0.357 e. The van der Waals surface area contributed by atoms with Gasteiger partial charge in [-0.2, -0.15) is 0 Å². The van der Waals surface area contributed by atoms with Gasteiger partial charge in [-0.15, -0.1) is 0 Å². The molecule has 0 aliphatic carbocycles. The summed E-state index contributed by atoms with van der Waals surface area (Å²) >= 11 is 0. The van der Waals surface area contributed by atoms with Crippen molar-refractivity contribution >= 4 is 0 Å². The van der Waals surface area contributed by atoms with Crippen LogP contribution >= 0.6 is 0 Å². The lowest BCUT2D eigenvalue weighted by atomic mass is 10.0. The first-order valence-electron chi connectivity index (χ1n) is 6.24. The molecule has 1 aromatic carbocycles. The van der Waals surface area contributed by atoms with E-state index in [0.717, 1.165) is 13.1 Å². The fourth-order valence-corrected chi connectivity index (χ4v) is 2.28. The molecular weight excluding hydrogens is 217 g/mol. The fourth-order valence-electron chi connectivity index (χ4n) is 2.28. The highest BCUT2D eigenvalue weighted by Gasteiger charge is 2.34. The van der Waals surface area contributed by atoms with Crippen LogP contribution in [0.1, 0.15) is 33.3 Å². The van der Waals surface area contributed by atoms with Gasteiger partial charge in [-0.3, -0.25) is 4.90 Å². The van der Waals surface area contributed by atoms with Crippen LogP contribution in [0.15, 0.2) is 24.3 Å². The molecule has 0 heterocycles. The van der Waals surface area contributed by atoms with E-state index in [1.807, 2.05) is 19.9 Å². The minimum absolute atomic E-state index is 0.213. The van der Waals surface area contributed by atoms with Crippen LogP contribution < -0.4 is 0 Å². The van der Waals surface area contributed by atoms with Crippen LogP contribution in [0.4, 0.5) is 4.39 Å². The molecule has 0 bridgehead atoms. The molecule has 17 heavy (non-hydrogen) atoms. The van der Waals surface area contributed by atoms with Crippen molar-refractivity contribution in [3.8, 4) is 0 Å². The summed E-state index contributed by atoms with van der Waals surface area (Å²) in [5.74, 6) is -0.213. The summed E-state index contributed by atoms with van der Waals surface area (Å²) in [5.41, 5.74) is -0.0885. The summed E-state index contributed by atoms with van der Waals surface area (Å²) in [6, 6.07) is 6.83. The molecule has 1 atom stereocenters. The minimum atomic E-state index is -0.691. The largest absolute Gasteiger partial charge is 0.357 e. The molecule has 1 rings (SSSR count). The average Bonchev–Trinajstić information content (AvgIpc) is 2.31. The Morgan fingerprint density at radius 2 is 1.76 bits per heavy atom. The van der Waals surface area contributed by atoms with E-state index < -0.39 is 5.72 Å². The molecule has 3 heteroatoms. The summed E-state index contributed by atoms with van der Waals surface area (Å²) in [4.78, 5) is 2.12. The van der Waals surface area contributed by atoms with Crippen LogP contribution in [0.3, 0.4) is 0 Å². The summed E-state index contributed by atoms with van der Waals surface area (Å²) in [6.45, 7) is 10.2. The van der Waals surface area contributed by atoms with Gasteiger partial charge < -0.3 is 4.74 Å². The van der Waals surface area contributed by atoms with Crippen molar-refractivity contribution in [2.24, 2.45) is 0 Å². The van der Waals surface area contributed by atoms with Crippen LogP contribution in [0, 0.1) is 5.82 Å². The van der Waals surface area contributed by atoms with Gasteiger partial charge in [0.2, 0.25) is 0 Å². The molecule has 0 aromatic heterocycles. The fraction of sp³-hybridized carbons (Fsp3) is 0.571. The molecule has 0 aliphatic heterocycles. The van der Waals surface area contributed by atoms with E-state index in [1.165, 1.54) is 6.07 Å². The van der Waals surface area contributed by atoms with Gasteiger partial charge in [0.15, 0.2) is 0 Å². The molecule has 0 N–H and O–H groups in total. The molecule has 0 fully saturated rings. The first kappa shape index (κ1) is 14.1. The van der Waals surface area contributed by atoms with Crippen molar-refractivity contribution in [2.75, 3.05) is 19.7 Å². The Labute approximate surface area is 103 Å². The van der Waals surface area contributed by atoms with Gasteiger partial charge in [0.1, 0.15) is 11.5 Å². The number of halogens is 1. The normalized spacial score (nSPS) is 14.9. The predicted octanol–water partition coefficient (Wildman–Crippen LogP) is 3.38. The first-order valence-corrected chi connectivity index (χ1v) is 6.24. The van der Waals surface area contributed by atoms with Crippen molar-refractivity contribution in [3.63, 3.8) is 0 Å². The first-order chi connectivity index (χ1) is 8.10. The summed E-state index contributed by atoms with van der Waals surface area (Å²) < 4.78 is 19.8. The molecule has 0 radical (unpaired) electrons. The van der Waals surface area contributed by atoms with Gasteiger partial charge in [0.05, 0.1) is 0 Å². The summed E-state index contributed by atoms with van der Waals surface area (Å²) in [7, 11) is 0. The lowest BCUT2D eigenvalue weighted by molar-refractivity contribution is -0.147. The van der Waals surface area contributed by atoms with Crippen LogP contribution in [-0.4, -0.2) is 24.6 Å². The van der Waals surface area contributed by atoms with Crippen molar-refractivity contribution < 1.29 is 9.13 Å². The van der Waals surface area contributed by atoms with Crippen molar-refractivity contribution in [1.82, 2.24) is 4.90 Å². The van der Waals surface area contributed by atoms with E-state index in [-0.39, 0.29) is 5.82 Å². The van der Waals surface area contributed by atoms with E-state index in [2.05, 4.69) is 18.7 Å². The molecule has 1 aromatic rings. The highest BCUT2D eigenvalue weighted by atomic mass is 19.1. The molecular formula is C14H22FNO. The Morgan fingerprint density at radius 1 is 1.18 bits per heavy atom. The molecule has 2 nitrogen and oxygen atoms in total. The van der Waals surface area contributed by atoms with Crippen molar-refractivity contribution in [1.29, 1.82) is 0 Å². The Hall–Kier alpha value is -0.930. The third-order valence-electron chi connectivity index (χ3n) is 3.17. The highest BCUT2D eigenvalue weighted by Crippen LogP contribution is 2.31. The number of hydrogen-bond acceptors (Lipinski definition) is 2. The van der Waals surface area contributed by atoms with E-state index >= 15 is 0 Å². The Kier molecular flexibility index (Phi) is 5.09. The van der Waals surface area contributed by atoms with E-state index in [9.17, 15) is 4.39 Å². The third-order valence-corrected chi connectivity index (χ3v) is 3.17. The topological polar surface area (TPSA) is 12.5 Å². The Bertz CT molecular complexity index is 352. The molecule has 0 spiro atoms. The molecule has 96 valence electrons. The van der Waals surface area contributed by atoms with Crippen LogP contribution in [-0.2, 0) is 10.5 Å². The van der Waals surface area contributed by atoms with Crippen molar-refractivity contribution in [3.05, 3.63) is 35.6 Å². The standard InChI is InChI=1S/C14H22FNO/c1-5-16(6-2)14(4,17-7-3)12-10-8-9-11-13(12)15/h8-11H,5-7H2,1-4H3. The van der Waals surface area contributed by atoms with Crippen molar-refractivity contribution in [2.45, 2.75) is 33.4 Å². The number of rotatable bonds is 6. The molecule has 0 amide bonds. The van der Waals surface area contributed by atoms with Gasteiger partial charge in [0.25, 0.3) is 0 Å². The van der Waals surface area contributed by atoms with Gasteiger partial charge in [-0.25, -0.2) is 4.39 Å². The second kappa shape index (κ2) is 6.12.